The first kappa shape index (κ1) is 19.5. The highest BCUT2D eigenvalue weighted by molar-refractivity contribution is 7.88. The molecule has 0 aliphatic carbocycles. The minimum absolute atomic E-state index is 0.0587. The van der Waals surface area contributed by atoms with E-state index in [1.54, 1.807) is 13.8 Å². The molecular weight excluding hydrogens is 340 g/mol. The molecule has 0 aromatic heterocycles. The second kappa shape index (κ2) is 8.05. The summed E-state index contributed by atoms with van der Waals surface area (Å²) in [5.74, 6) is 1.58. The van der Waals surface area contributed by atoms with Crippen LogP contribution in [-0.4, -0.2) is 51.9 Å². The van der Waals surface area contributed by atoms with Gasteiger partial charge in [0.05, 0.1) is 19.3 Å². The number of hydrogen-bond acceptors (Lipinski definition) is 4. The summed E-state index contributed by atoms with van der Waals surface area (Å²) in [6.45, 7) is 7.26. The van der Waals surface area contributed by atoms with Gasteiger partial charge in [0.1, 0.15) is 11.9 Å². The number of guanidine groups is 1. The van der Waals surface area contributed by atoms with Crippen molar-refractivity contribution in [1.29, 1.82) is 0 Å². The zero-order valence-corrected chi connectivity index (χ0v) is 16.1. The molecule has 0 saturated carbocycles. The van der Waals surface area contributed by atoms with E-state index in [2.05, 4.69) is 26.4 Å². The maximum atomic E-state index is 11.4. The molecule has 1 aromatic rings. The molecule has 7 nitrogen and oxygen atoms in total. The molecule has 140 valence electrons. The van der Waals surface area contributed by atoms with Gasteiger partial charge in [-0.1, -0.05) is 18.2 Å². The summed E-state index contributed by atoms with van der Waals surface area (Å²) in [7, 11) is -3.28. The molecular formula is C17H28N4O3S. The Kier molecular flexibility index (Phi) is 6.29. The first-order valence-electron chi connectivity index (χ1n) is 8.44. The number of sulfonamides is 1. The Labute approximate surface area is 150 Å². The highest BCUT2D eigenvalue weighted by Gasteiger charge is 2.24. The Morgan fingerprint density at radius 1 is 1.32 bits per heavy atom. The number of fused-ring (bicyclic) bond motifs is 1. The van der Waals surface area contributed by atoms with Crippen LogP contribution in [0.3, 0.4) is 0 Å². The number of rotatable bonds is 7. The molecule has 1 aliphatic heterocycles. The predicted molar refractivity (Wildman–Crippen MR) is 101 cm³/mol. The largest absolute Gasteiger partial charge is 0.488 e. The molecule has 8 heteroatoms. The third-order valence-electron chi connectivity index (χ3n) is 3.65. The van der Waals surface area contributed by atoms with Crippen molar-refractivity contribution in [3.8, 4) is 5.75 Å². The minimum atomic E-state index is -3.28. The van der Waals surface area contributed by atoms with Crippen LogP contribution in [0, 0.1) is 0 Å². The van der Waals surface area contributed by atoms with Crippen LogP contribution < -0.4 is 20.1 Å². The number of nitrogens with one attached hydrogen (secondary N) is 3. The maximum Gasteiger partial charge on any atom is 0.209 e. The standard InChI is InChI=1S/C17H28N4O3S/c1-5-18-16(20-12-17(2,3)21-25(4,22)23)19-11-14-10-13-8-6-7-9-15(13)24-14/h6-9,14,21H,5,10-12H2,1-4H3,(H2,18,19,20). The van der Waals surface area contributed by atoms with E-state index in [0.29, 0.717) is 19.0 Å². The lowest BCUT2D eigenvalue weighted by Gasteiger charge is -2.23. The van der Waals surface area contributed by atoms with Crippen LogP contribution in [0.5, 0.6) is 5.75 Å². The van der Waals surface area contributed by atoms with Gasteiger partial charge in [-0.25, -0.2) is 13.1 Å². The molecule has 1 aliphatic rings. The number of benzene rings is 1. The van der Waals surface area contributed by atoms with E-state index in [9.17, 15) is 8.42 Å². The van der Waals surface area contributed by atoms with E-state index in [1.807, 2.05) is 25.1 Å². The van der Waals surface area contributed by atoms with Crippen LogP contribution in [0.15, 0.2) is 29.3 Å². The Hall–Kier alpha value is -1.80. The SMILES string of the molecule is CCNC(=NCC(C)(C)NS(C)(=O)=O)NCC1Cc2ccccc2O1. The Balaban J connectivity index is 1.90. The monoisotopic (exact) mass is 368 g/mol. The predicted octanol–water partition coefficient (Wildman–Crippen LogP) is 0.873. The summed E-state index contributed by atoms with van der Waals surface area (Å²) in [4.78, 5) is 4.49. The quantitative estimate of drug-likeness (QED) is 0.491. The molecule has 0 fully saturated rings. The first-order chi connectivity index (χ1) is 11.7. The number of para-hydroxylation sites is 1. The van der Waals surface area contributed by atoms with Crippen molar-refractivity contribution in [2.45, 2.75) is 38.8 Å². The molecule has 0 amide bonds. The number of nitrogens with zero attached hydrogens (tertiary/aromatic N) is 1. The van der Waals surface area contributed by atoms with Gasteiger partial charge in [-0.2, -0.15) is 0 Å². The number of hydrogen-bond donors (Lipinski definition) is 3. The molecule has 3 N–H and O–H groups in total. The van der Waals surface area contributed by atoms with Crippen molar-refractivity contribution < 1.29 is 13.2 Å². The number of aliphatic imine (C=N–C) groups is 1. The van der Waals surface area contributed by atoms with Crippen LogP contribution >= 0.6 is 0 Å². The fraction of sp³-hybridized carbons (Fsp3) is 0.588. The van der Waals surface area contributed by atoms with Crippen LogP contribution in [-0.2, 0) is 16.4 Å². The third kappa shape index (κ3) is 6.55. The molecule has 25 heavy (non-hydrogen) atoms. The van der Waals surface area contributed by atoms with Gasteiger partial charge in [-0.15, -0.1) is 0 Å². The summed E-state index contributed by atoms with van der Waals surface area (Å²) >= 11 is 0. The average Bonchev–Trinajstić information content (AvgIpc) is 2.90. The van der Waals surface area contributed by atoms with E-state index in [1.165, 1.54) is 5.56 Å². The molecule has 0 saturated heterocycles. The maximum absolute atomic E-state index is 11.4. The number of ether oxygens (including phenoxy) is 1. The van der Waals surface area contributed by atoms with Crippen LogP contribution in [0.25, 0.3) is 0 Å². The molecule has 1 atom stereocenters. The highest BCUT2D eigenvalue weighted by atomic mass is 32.2. The second-order valence-electron chi connectivity index (χ2n) is 6.89. The van der Waals surface area contributed by atoms with Crippen molar-refractivity contribution in [3.63, 3.8) is 0 Å². The zero-order valence-electron chi connectivity index (χ0n) is 15.3. The Morgan fingerprint density at radius 2 is 2.04 bits per heavy atom. The summed E-state index contributed by atoms with van der Waals surface area (Å²) in [5.41, 5.74) is 0.561. The second-order valence-corrected chi connectivity index (χ2v) is 8.63. The fourth-order valence-electron chi connectivity index (χ4n) is 2.73. The summed E-state index contributed by atoms with van der Waals surface area (Å²) in [6, 6.07) is 8.04. The minimum Gasteiger partial charge on any atom is -0.488 e. The van der Waals surface area contributed by atoms with Crippen molar-refractivity contribution in [1.82, 2.24) is 15.4 Å². The summed E-state index contributed by atoms with van der Waals surface area (Å²) in [5, 5.41) is 6.44. The first-order valence-corrected chi connectivity index (χ1v) is 10.3. The highest BCUT2D eigenvalue weighted by Crippen LogP contribution is 2.27. The van der Waals surface area contributed by atoms with Crippen LogP contribution in [0.4, 0.5) is 0 Å². The lowest BCUT2D eigenvalue weighted by molar-refractivity contribution is 0.235. The van der Waals surface area contributed by atoms with Crippen molar-refractivity contribution in [3.05, 3.63) is 29.8 Å². The van der Waals surface area contributed by atoms with Gasteiger partial charge in [0, 0.05) is 18.5 Å². The van der Waals surface area contributed by atoms with E-state index in [-0.39, 0.29) is 6.10 Å². The van der Waals surface area contributed by atoms with Gasteiger partial charge in [0.25, 0.3) is 0 Å². The normalized spacial score (nSPS) is 17.8. The molecule has 0 bridgehead atoms. The van der Waals surface area contributed by atoms with E-state index in [0.717, 1.165) is 25.0 Å². The van der Waals surface area contributed by atoms with E-state index >= 15 is 0 Å². The summed E-state index contributed by atoms with van der Waals surface area (Å²) < 4.78 is 31.3. The van der Waals surface area contributed by atoms with Gasteiger partial charge in [-0.3, -0.25) is 4.99 Å². The van der Waals surface area contributed by atoms with Crippen LogP contribution in [0.2, 0.25) is 0 Å². The van der Waals surface area contributed by atoms with Gasteiger partial charge in [0.2, 0.25) is 10.0 Å². The van der Waals surface area contributed by atoms with E-state index in [4.69, 9.17) is 4.74 Å². The van der Waals surface area contributed by atoms with Crippen molar-refractivity contribution in [2.75, 3.05) is 25.9 Å². The Morgan fingerprint density at radius 3 is 2.68 bits per heavy atom. The molecule has 1 aromatic carbocycles. The molecule has 0 radical (unpaired) electrons. The zero-order chi connectivity index (χ0) is 18.5. The summed E-state index contributed by atoms with van der Waals surface area (Å²) in [6.07, 6.45) is 2.07. The van der Waals surface area contributed by atoms with Crippen LogP contribution in [0.1, 0.15) is 26.3 Å². The van der Waals surface area contributed by atoms with Gasteiger partial charge < -0.3 is 15.4 Å². The van der Waals surface area contributed by atoms with Crippen molar-refractivity contribution >= 4 is 16.0 Å². The molecule has 2 rings (SSSR count). The fourth-order valence-corrected chi connectivity index (χ4v) is 3.80. The molecule has 1 heterocycles. The average molecular weight is 369 g/mol. The molecule has 0 spiro atoms. The lowest BCUT2D eigenvalue weighted by Crippen LogP contribution is -2.47. The topological polar surface area (TPSA) is 91.8 Å². The lowest BCUT2D eigenvalue weighted by atomic mass is 10.1. The Bertz CT molecular complexity index is 691. The third-order valence-corrected chi connectivity index (χ3v) is 4.57. The van der Waals surface area contributed by atoms with Crippen molar-refractivity contribution in [2.24, 2.45) is 4.99 Å². The molecule has 1 unspecified atom stereocenters. The van der Waals surface area contributed by atoms with Gasteiger partial charge >= 0.3 is 0 Å². The van der Waals surface area contributed by atoms with Gasteiger partial charge in [0.15, 0.2) is 5.96 Å². The van der Waals surface area contributed by atoms with Gasteiger partial charge in [-0.05, 0) is 32.4 Å². The smallest absolute Gasteiger partial charge is 0.209 e. The van der Waals surface area contributed by atoms with E-state index < -0.39 is 15.6 Å².